The summed E-state index contributed by atoms with van der Waals surface area (Å²) in [6.07, 6.45) is 7.04. The molecule has 0 bridgehead atoms. The Morgan fingerprint density at radius 1 is 0.962 bits per heavy atom. The summed E-state index contributed by atoms with van der Waals surface area (Å²) in [7, 11) is 0. The van der Waals surface area contributed by atoms with Crippen LogP contribution in [0.25, 0.3) is 0 Å². The van der Waals surface area contributed by atoms with Crippen LogP contribution in [0.15, 0.2) is 18.2 Å². The summed E-state index contributed by atoms with van der Waals surface area (Å²) in [6.45, 7) is 3.69. The molecule has 1 aromatic rings. The third-order valence-corrected chi connectivity index (χ3v) is 3.61. The number of carboxylic acids is 2. The minimum absolute atomic E-state index is 0.144. The van der Waals surface area contributed by atoms with Gasteiger partial charge in [0.2, 0.25) is 0 Å². The summed E-state index contributed by atoms with van der Waals surface area (Å²) in [5, 5.41) is 25.7. The van der Waals surface area contributed by atoms with Gasteiger partial charge in [0.05, 0.1) is 17.7 Å². The van der Waals surface area contributed by atoms with Crippen LogP contribution in [-0.2, 0) is 9.53 Å². The van der Waals surface area contributed by atoms with Crippen molar-refractivity contribution in [3.8, 4) is 0 Å². The van der Waals surface area contributed by atoms with Crippen molar-refractivity contribution in [2.24, 2.45) is 0 Å². The highest BCUT2D eigenvalue weighted by Crippen LogP contribution is 2.13. The number of aryl methyl sites for hydroxylation is 1. The smallest absolute Gasteiger partial charge is 0.336 e. The number of carbonyl (C=O) groups excluding carboxylic acids is 1. The Balaban J connectivity index is 0.000000481. The van der Waals surface area contributed by atoms with Crippen molar-refractivity contribution in [2.45, 2.75) is 52.4 Å². The monoisotopic (exact) mass is 368 g/mol. The van der Waals surface area contributed by atoms with Gasteiger partial charge in [-0.2, -0.15) is 0 Å². The topological polar surface area (TPSA) is 121 Å². The maximum Gasteiger partial charge on any atom is 0.336 e. The van der Waals surface area contributed by atoms with Crippen molar-refractivity contribution in [1.82, 2.24) is 0 Å². The summed E-state index contributed by atoms with van der Waals surface area (Å²) in [6, 6.07) is 4.36. The molecule has 0 fully saturated rings. The molecule has 0 aliphatic carbocycles. The van der Waals surface area contributed by atoms with E-state index in [1.807, 2.05) is 0 Å². The molecule has 26 heavy (non-hydrogen) atoms. The number of rotatable bonds is 10. The number of aliphatic hydroxyl groups excluding tert-OH is 1. The number of carboxylic acid groups (broad SMARTS) is 2. The number of unbranched alkanes of at least 4 members (excludes halogenated alkanes) is 5. The van der Waals surface area contributed by atoms with Crippen LogP contribution in [0.1, 0.15) is 71.7 Å². The number of aromatic carboxylic acids is 2. The first-order chi connectivity index (χ1) is 12.3. The van der Waals surface area contributed by atoms with Crippen LogP contribution >= 0.6 is 0 Å². The first-order valence-electron chi connectivity index (χ1n) is 8.67. The number of aliphatic hydroxyl groups is 1. The van der Waals surface area contributed by atoms with E-state index in [1.165, 1.54) is 37.8 Å². The van der Waals surface area contributed by atoms with E-state index in [4.69, 9.17) is 20.1 Å². The molecule has 0 aliphatic rings. The fourth-order valence-corrected chi connectivity index (χ4v) is 2.24. The van der Waals surface area contributed by atoms with Crippen molar-refractivity contribution in [3.05, 3.63) is 34.9 Å². The summed E-state index contributed by atoms with van der Waals surface area (Å²) in [5.74, 6) is -2.95. The Bertz CT molecular complexity index is 581. The van der Waals surface area contributed by atoms with Gasteiger partial charge in [-0.3, -0.25) is 0 Å². The van der Waals surface area contributed by atoms with Gasteiger partial charge in [0.15, 0.2) is 0 Å². The van der Waals surface area contributed by atoms with Gasteiger partial charge in [0, 0.05) is 0 Å². The predicted octanol–water partition coefficient (Wildman–Crippen LogP) is 3.27. The summed E-state index contributed by atoms with van der Waals surface area (Å²) < 4.78 is 4.71. The number of carbonyl (C=O) groups is 3. The van der Waals surface area contributed by atoms with Gasteiger partial charge in [-0.25, -0.2) is 14.4 Å². The van der Waals surface area contributed by atoms with E-state index in [9.17, 15) is 14.4 Å². The predicted molar refractivity (Wildman–Crippen MR) is 96.5 cm³/mol. The summed E-state index contributed by atoms with van der Waals surface area (Å²) in [4.78, 5) is 31.8. The zero-order valence-electron chi connectivity index (χ0n) is 15.4. The molecular weight excluding hydrogens is 340 g/mol. The van der Waals surface area contributed by atoms with Crippen LogP contribution in [0.2, 0.25) is 0 Å². The number of hydrogen-bond acceptors (Lipinski definition) is 5. The third-order valence-electron chi connectivity index (χ3n) is 3.61. The zero-order chi connectivity index (χ0) is 19.9. The molecule has 0 saturated carbocycles. The average Bonchev–Trinajstić information content (AvgIpc) is 2.60. The van der Waals surface area contributed by atoms with E-state index in [1.54, 1.807) is 13.0 Å². The Morgan fingerprint density at radius 3 is 2.08 bits per heavy atom. The van der Waals surface area contributed by atoms with Gasteiger partial charge in [0.25, 0.3) is 0 Å². The third kappa shape index (κ3) is 9.78. The summed E-state index contributed by atoms with van der Waals surface area (Å²) >= 11 is 0. The number of ether oxygens (including phenoxy) is 1. The molecule has 1 rings (SSSR count). The van der Waals surface area contributed by atoms with Gasteiger partial charge in [-0.1, -0.05) is 51.2 Å². The first-order valence-corrected chi connectivity index (χ1v) is 8.67. The van der Waals surface area contributed by atoms with E-state index in [-0.39, 0.29) is 11.1 Å². The number of benzene rings is 1. The van der Waals surface area contributed by atoms with Crippen LogP contribution < -0.4 is 0 Å². The lowest BCUT2D eigenvalue weighted by Crippen LogP contribution is -2.09. The quantitative estimate of drug-likeness (QED) is 0.428. The van der Waals surface area contributed by atoms with Crippen LogP contribution in [0.3, 0.4) is 0 Å². The van der Waals surface area contributed by atoms with E-state index in [0.29, 0.717) is 12.2 Å². The summed E-state index contributed by atoms with van der Waals surface area (Å²) in [5.41, 5.74) is 0.134. The van der Waals surface area contributed by atoms with Gasteiger partial charge in [-0.15, -0.1) is 0 Å². The molecule has 0 heterocycles. The van der Waals surface area contributed by atoms with Crippen molar-refractivity contribution in [3.63, 3.8) is 0 Å². The molecule has 3 N–H and O–H groups in total. The molecule has 7 nitrogen and oxygen atoms in total. The molecular formula is C19H28O7. The number of esters is 1. The minimum Gasteiger partial charge on any atom is -0.478 e. The van der Waals surface area contributed by atoms with E-state index < -0.39 is 24.5 Å². The van der Waals surface area contributed by atoms with Crippen LogP contribution in [0.5, 0.6) is 0 Å². The molecule has 0 aliphatic heterocycles. The minimum atomic E-state index is -1.22. The maximum absolute atomic E-state index is 10.7. The van der Waals surface area contributed by atoms with Gasteiger partial charge >= 0.3 is 17.9 Å². The Morgan fingerprint density at radius 2 is 1.58 bits per heavy atom. The molecule has 0 spiro atoms. The highest BCUT2D eigenvalue weighted by Gasteiger charge is 2.17. The SMILES string of the molecule is CCCCCCCCOC(=O)CO.Cc1cccc(C(=O)O)c1C(=O)O. The van der Waals surface area contributed by atoms with E-state index in [0.717, 1.165) is 12.8 Å². The second-order valence-electron chi connectivity index (χ2n) is 5.75. The molecule has 0 unspecified atom stereocenters. The average molecular weight is 368 g/mol. The molecule has 146 valence electrons. The normalized spacial score (nSPS) is 9.81. The van der Waals surface area contributed by atoms with Crippen LogP contribution in [0.4, 0.5) is 0 Å². The Labute approximate surface area is 153 Å². The molecule has 0 aromatic heterocycles. The molecule has 0 atom stereocenters. The second-order valence-corrected chi connectivity index (χ2v) is 5.75. The maximum atomic E-state index is 10.7. The first kappa shape index (κ1) is 23.6. The lowest BCUT2D eigenvalue weighted by Gasteiger charge is -2.03. The molecule has 1 aromatic carbocycles. The van der Waals surface area contributed by atoms with E-state index >= 15 is 0 Å². The van der Waals surface area contributed by atoms with Crippen LogP contribution in [0, 0.1) is 6.92 Å². The Kier molecular flexibility index (Phi) is 12.6. The fraction of sp³-hybridized carbons (Fsp3) is 0.526. The van der Waals surface area contributed by atoms with Crippen molar-refractivity contribution in [2.75, 3.05) is 13.2 Å². The molecule has 7 heteroatoms. The lowest BCUT2D eigenvalue weighted by molar-refractivity contribution is -0.147. The highest BCUT2D eigenvalue weighted by molar-refractivity contribution is 6.02. The zero-order valence-corrected chi connectivity index (χ0v) is 15.4. The number of hydrogen-bond donors (Lipinski definition) is 3. The molecule has 0 saturated heterocycles. The van der Waals surface area contributed by atoms with Crippen molar-refractivity contribution in [1.29, 1.82) is 0 Å². The van der Waals surface area contributed by atoms with Crippen molar-refractivity contribution < 1.29 is 34.4 Å². The second kappa shape index (κ2) is 13.8. The van der Waals surface area contributed by atoms with Crippen molar-refractivity contribution >= 4 is 17.9 Å². The van der Waals surface area contributed by atoms with E-state index in [2.05, 4.69) is 6.92 Å². The highest BCUT2D eigenvalue weighted by atomic mass is 16.5. The van der Waals surface area contributed by atoms with Gasteiger partial charge in [-0.05, 0) is 25.0 Å². The largest absolute Gasteiger partial charge is 0.478 e. The Hall–Kier alpha value is -2.41. The standard InChI is InChI=1S/C10H20O3.C9H8O4/c1-2-3-4-5-6-7-8-13-10(12)9-11;1-5-3-2-4-6(8(10)11)7(5)9(12)13/h11H,2-9H2,1H3;2-4H,1H3,(H,10,11)(H,12,13). The van der Waals surface area contributed by atoms with Crippen LogP contribution in [-0.4, -0.2) is 46.4 Å². The molecule has 0 amide bonds. The molecule has 0 radical (unpaired) electrons. The van der Waals surface area contributed by atoms with Gasteiger partial charge in [0.1, 0.15) is 6.61 Å². The fourth-order valence-electron chi connectivity index (χ4n) is 2.24. The lowest BCUT2D eigenvalue weighted by atomic mass is 10.0. The van der Waals surface area contributed by atoms with Gasteiger partial charge < -0.3 is 20.1 Å².